The average molecular weight is 384 g/mol. The van der Waals surface area contributed by atoms with Crippen molar-refractivity contribution in [3.05, 3.63) is 95.2 Å². The van der Waals surface area contributed by atoms with Gasteiger partial charge in [-0.15, -0.1) is 0 Å². The predicted octanol–water partition coefficient (Wildman–Crippen LogP) is 4.99. The van der Waals surface area contributed by atoms with Crippen molar-refractivity contribution in [3.63, 3.8) is 0 Å². The molecule has 0 spiro atoms. The van der Waals surface area contributed by atoms with Crippen LogP contribution in [0.5, 0.6) is 11.5 Å². The molecule has 0 aliphatic carbocycles. The van der Waals surface area contributed by atoms with Crippen LogP contribution in [0, 0.1) is 0 Å². The van der Waals surface area contributed by atoms with Crippen LogP contribution in [-0.4, -0.2) is 18.6 Å². The summed E-state index contributed by atoms with van der Waals surface area (Å²) in [5, 5.41) is 4.90. The molecule has 1 atom stereocenters. The summed E-state index contributed by atoms with van der Waals surface area (Å²) in [5.41, 5.74) is 6.19. The Morgan fingerprint density at radius 1 is 0.931 bits per heavy atom. The van der Waals surface area contributed by atoms with E-state index in [-0.39, 0.29) is 6.04 Å². The van der Waals surface area contributed by atoms with Crippen molar-refractivity contribution in [1.29, 1.82) is 0 Å². The van der Waals surface area contributed by atoms with Gasteiger partial charge in [-0.1, -0.05) is 42.5 Å². The number of aromatic nitrogens is 1. The third kappa shape index (κ3) is 3.47. The Balaban J connectivity index is 1.45. The van der Waals surface area contributed by atoms with Crippen molar-refractivity contribution < 1.29 is 9.47 Å². The Morgan fingerprint density at radius 3 is 2.52 bits per heavy atom. The number of hydrogen-bond donors (Lipinski definition) is 2. The second-order valence-electron chi connectivity index (χ2n) is 7.41. The molecule has 5 rings (SSSR count). The number of fused-ring (bicyclic) bond motifs is 3. The highest BCUT2D eigenvalue weighted by Crippen LogP contribution is 2.35. The Hall–Kier alpha value is -3.24. The lowest BCUT2D eigenvalue weighted by molar-refractivity contribution is 0.306. The van der Waals surface area contributed by atoms with Crippen LogP contribution in [0.25, 0.3) is 10.9 Å². The Bertz CT molecular complexity index is 1120. The zero-order valence-electron chi connectivity index (χ0n) is 16.4. The first kappa shape index (κ1) is 17.8. The second kappa shape index (κ2) is 7.64. The van der Waals surface area contributed by atoms with Gasteiger partial charge in [0.2, 0.25) is 0 Å². The largest absolute Gasteiger partial charge is 0.497 e. The summed E-state index contributed by atoms with van der Waals surface area (Å²) >= 11 is 0. The van der Waals surface area contributed by atoms with E-state index >= 15 is 0 Å². The van der Waals surface area contributed by atoms with E-state index in [9.17, 15) is 0 Å². The van der Waals surface area contributed by atoms with Gasteiger partial charge in [-0.2, -0.15) is 0 Å². The molecule has 1 aliphatic rings. The van der Waals surface area contributed by atoms with Crippen molar-refractivity contribution in [2.24, 2.45) is 0 Å². The number of ether oxygens (including phenoxy) is 2. The highest BCUT2D eigenvalue weighted by Gasteiger charge is 2.25. The van der Waals surface area contributed by atoms with Crippen LogP contribution >= 0.6 is 0 Å². The molecule has 2 N–H and O–H groups in total. The molecule has 3 aromatic carbocycles. The first-order chi connectivity index (χ1) is 14.3. The van der Waals surface area contributed by atoms with Crippen LogP contribution in [0.3, 0.4) is 0 Å². The molecule has 0 amide bonds. The van der Waals surface area contributed by atoms with Crippen molar-refractivity contribution in [2.75, 3.05) is 13.7 Å². The first-order valence-corrected chi connectivity index (χ1v) is 10.0. The molecule has 1 aliphatic heterocycles. The standard InChI is InChI=1S/C25H24N2O2/c1-28-19-9-7-18(8-10-19)24-25-21(13-14-26-24)22-15-20(11-12-23(22)27-25)29-16-17-5-3-2-4-6-17/h2-12,15,24,26-27H,13-14,16H2,1H3. The van der Waals surface area contributed by atoms with Gasteiger partial charge in [-0.05, 0) is 53.4 Å². The molecule has 0 bridgehead atoms. The monoisotopic (exact) mass is 384 g/mol. The maximum Gasteiger partial charge on any atom is 0.120 e. The quantitative estimate of drug-likeness (QED) is 0.509. The molecule has 146 valence electrons. The second-order valence-corrected chi connectivity index (χ2v) is 7.41. The number of rotatable bonds is 5. The van der Waals surface area contributed by atoms with E-state index in [1.807, 2.05) is 36.4 Å². The number of nitrogens with one attached hydrogen (secondary N) is 2. The summed E-state index contributed by atoms with van der Waals surface area (Å²) in [6.45, 7) is 1.53. The van der Waals surface area contributed by atoms with Gasteiger partial charge in [0.05, 0.1) is 13.2 Å². The molecule has 4 aromatic rings. The summed E-state index contributed by atoms with van der Waals surface area (Å²) in [7, 11) is 1.70. The van der Waals surface area contributed by atoms with Gasteiger partial charge in [0.25, 0.3) is 0 Å². The summed E-state index contributed by atoms with van der Waals surface area (Å²) < 4.78 is 11.4. The molecular formula is C25H24N2O2. The van der Waals surface area contributed by atoms with Gasteiger partial charge in [0.1, 0.15) is 18.1 Å². The normalized spacial score (nSPS) is 15.8. The van der Waals surface area contributed by atoms with Crippen LogP contribution in [0.15, 0.2) is 72.8 Å². The summed E-state index contributed by atoms with van der Waals surface area (Å²) in [6, 6.07) is 25.1. The maximum absolute atomic E-state index is 6.05. The Kier molecular flexibility index (Phi) is 4.70. The van der Waals surface area contributed by atoms with E-state index in [4.69, 9.17) is 9.47 Å². The third-order valence-corrected chi connectivity index (χ3v) is 5.62. The van der Waals surface area contributed by atoms with Crippen LogP contribution in [0.1, 0.15) is 28.4 Å². The van der Waals surface area contributed by atoms with Crippen LogP contribution in [0.4, 0.5) is 0 Å². The molecule has 0 saturated carbocycles. The highest BCUT2D eigenvalue weighted by molar-refractivity contribution is 5.86. The van der Waals surface area contributed by atoms with Crippen molar-refractivity contribution in [3.8, 4) is 11.5 Å². The molecule has 1 unspecified atom stereocenters. The fourth-order valence-electron chi connectivity index (χ4n) is 4.12. The Labute approximate surface area is 170 Å². The van der Waals surface area contributed by atoms with Crippen molar-refractivity contribution in [1.82, 2.24) is 10.3 Å². The van der Waals surface area contributed by atoms with Gasteiger partial charge >= 0.3 is 0 Å². The van der Waals surface area contributed by atoms with Crippen molar-refractivity contribution in [2.45, 2.75) is 19.1 Å². The van der Waals surface area contributed by atoms with E-state index in [1.165, 1.54) is 27.8 Å². The van der Waals surface area contributed by atoms with E-state index in [0.29, 0.717) is 6.61 Å². The lowest BCUT2D eigenvalue weighted by Crippen LogP contribution is -2.30. The van der Waals surface area contributed by atoms with E-state index in [2.05, 4.69) is 46.7 Å². The fourth-order valence-corrected chi connectivity index (χ4v) is 4.12. The number of H-pyrrole nitrogens is 1. The SMILES string of the molecule is COc1ccc(C2NCCc3c2[nH]c2ccc(OCc4ccccc4)cc32)cc1. The summed E-state index contributed by atoms with van der Waals surface area (Å²) in [5.74, 6) is 1.78. The van der Waals surface area contributed by atoms with E-state index < -0.39 is 0 Å². The lowest BCUT2D eigenvalue weighted by Gasteiger charge is -2.25. The van der Waals surface area contributed by atoms with Gasteiger partial charge in [0, 0.05) is 23.1 Å². The average Bonchev–Trinajstić information content (AvgIpc) is 3.16. The van der Waals surface area contributed by atoms with Crippen LogP contribution in [-0.2, 0) is 13.0 Å². The maximum atomic E-state index is 6.05. The molecule has 0 saturated heterocycles. The van der Waals surface area contributed by atoms with Gasteiger partial charge in [-0.25, -0.2) is 0 Å². The minimum absolute atomic E-state index is 0.158. The zero-order valence-corrected chi connectivity index (χ0v) is 16.4. The van der Waals surface area contributed by atoms with E-state index in [1.54, 1.807) is 7.11 Å². The van der Waals surface area contributed by atoms with Gasteiger partial charge < -0.3 is 19.8 Å². The lowest BCUT2D eigenvalue weighted by atomic mass is 9.94. The summed E-state index contributed by atoms with van der Waals surface area (Å²) in [6.07, 6.45) is 1.00. The number of hydrogen-bond acceptors (Lipinski definition) is 3. The zero-order chi connectivity index (χ0) is 19.6. The molecule has 1 aromatic heterocycles. The molecule has 4 heteroatoms. The highest BCUT2D eigenvalue weighted by atomic mass is 16.5. The fraction of sp³-hybridized carbons (Fsp3) is 0.200. The topological polar surface area (TPSA) is 46.3 Å². The molecule has 0 radical (unpaired) electrons. The van der Waals surface area contributed by atoms with Crippen LogP contribution in [0.2, 0.25) is 0 Å². The van der Waals surface area contributed by atoms with Gasteiger partial charge in [-0.3, -0.25) is 0 Å². The van der Waals surface area contributed by atoms with Crippen molar-refractivity contribution >= 4 is 10.9 Å². The molecule has 2 heterocycles. The molecule has 4 nitrogen and oxygen atoms in total. The molecule has 0 fully saturated rings. The number of methoxy groups -OCH3 is 1. The van der Waals surface area contributed by atoms with E-state index in [0.717, 1.165) is 30.0 Å². The first-order valence-electron chi connectivity index (χ1n) is 10.0. The minimum Gasteiger partial charge on any atom is -0.497 e. The number of benzene rings is 3. The smallest absolute Gasteiger partial charge is 0.120 e. The number of aromatic amines is 1. The van der Waals surface area contributed by atoms with Crippen LogP contribution < -0.4 is 14.8 Å². The molecular weight excluding hydrogens is 360 g/mol. The van der Waals surface area contributed by atoms with Gasteiger partial charge in [0.15, 0.2) is 0 Å². The predicted molar refractivity (Wildman–Crippen MR) is 116 cm³/mol. The third-order valence-electron chi connectivity index (χ3n) is 5.62. The minimum atomic E-state index is 0.158. The molecule has 29 heavy (non-hydrogen) atoms. The summed E-state index contributed by atoms with van der Waals surface area (Å²) in [4.78, 5) is 3.64. The Morgan fingerprint density at radius 2 is 1.72 bits per heavy atom.